The van der Waals surface area contributed by atoms with Crippen molar-refractivity contribution >= 4 is 33.2 Å². The zero-order valence-corrected chi connectivity index (χ0v) is 25.9. The van der Waals surface area contributed by atoms with Crippen LogP contribution in [0.2, 0.25) is 5.02 Å². The molecule has 0 amide bonds. The molecule has 254 valence electrons. The van der Waals surface area contributed by atoms with Gasteiger partial charge in [0.05, 0.1) is 27.6 Å². The summed E-state index contributed by atoms with van der Waals surface area (Å²) in [4.78, 5) is 27.6. The number of ether oxygens (including phenoxy) is 1. The molecule has 3 aliphatic rings. The van der Waals surface area contributed by atoms with E-state index in [0.717, 1.165) is 36.2 Å². The molecule has 0 atom stereocenters. The van der Waals surface area contributed by atoms with E-state index >= 15 is 4.39 Å². The lowest BCUT2D eigenvalue weighted by molar-refractivity contribution is -0.192. The molecule has 5 rings (SSSR count). The molecule has 1 saturated heterocycles. The summed E-state index contributed by atoms with van der Waals surface area (Å²) in [7, 11) is -3.55. The maximum absolute atomic E-state index is 15.1. The number of aromatic nitrogens is 1. The van der Waals surface area contributed by atoms with E-state index in [0.29, 0.717) is 45.3 Å². The summed E-state index contributed by atoms with van der Waals surface area (Å²) < 4.78 is 117. The molecule has 1 aliphatic heterocycles. The van der Waals surface area contributed by atoms with Gasteiger partial charge in [0, 0.05) is 25.7 Å². The minimum atomic E-state index is -5.08. The molecule has 2 heterocycles. The summed E-state index contributed by atoms with van der Waals surface area (Å²) in [5, 5.41) is 6.15. The Morgan fingerprint density at radius 2 is 1.65 bits per heavy atom. The van der Waals surface area contributed by atoms with Crippen LogP contribution in [0.5, 0.6) is 5.88 Å². The van der Waals surface area contributed by atoms with Crippen molar-refractivity contribution in [2.45, 2.75) is 81.1 Å². The highest BCUT2D eigenvalue weighted by atomic mass is 35.5. The number of pyridine rings is 1. The summed E-state index contributed by atoms with van der Waals surface area (Å²) in [5.74, 6) is -4.79. The molecule has 17 heteroatoms. The maximum Gasteiger partial charge on any atom is 0.490 e. The summed E-state index contributed by atoms with van der Waals surface area (Å²) in [5.41, 5.74) is -0.280. The number of rotatable bonds is 9. The lowest BCUT2D eigenvalue weighted by atomic mass is 9.92. The van der Waals surface area contributed by atoms with Crippen LogP contribution in [0.1, 0.15) is 78.4 Å². The van der Waals surface area contributed by atoms with Crippen LogP contribution < -0.4 is 4.74 Å². The first-order valence-corrected chi connectivity index (χ1v) is 16.3. The highest BCUT2D eigenvalue weighted by molar-refractivity contribution is 7.93. The monoisotopic (exact) mass is 702 g/mol. The standard InChI is InChI=1S/C27H29ClF4N2O4S.C2HF3O2/c1-26(38-25-12-21(27(30,31)32)22(28)13-33-25)6-8-34(9-7-26)14-17-10-23(29)20(11-19(17)16-2-3-16)24(35)15-39(36,37)18-4-5-18;3-2(4,5)1(6)7/h10-13,16,18H,2-9,14-15H2,1H3;(H,6,7). The van der Waals surface area contributed by atoms with Gasteiger partial charge in [0.2, 0.25) is 5.88 Å². The fourth-order valence-electron chi connectivity index (χ4n) is 5.03. The van der Waals surface area contributed by atoms with Crippen molar-refractivity contribution in [3.8, 4) is 5.88 Å². The molecule has 1 N–H and O–H groups in total. The number of carboxylic acid groups (broad SMARTS) is 1. The van der Waals surface area contributed by atoms with E-state index in [-0.39, 0.29) is 17.4 Å². The molecule has 1 aromatic heterocycles. The van der Waals surface area contributed by atoms with E-state index in [1.165, 1.54) is 12.1 Å². The van der Waals surface area contributed by atoms with Gasteiger partial charge in [0.1, 0.15) is 17.2 Å². The Bertz CT molecular complexity index is 1580. The fourth-order valence-corrected chi connectivity index (χ4v) is 6.86. The van der Waals surface area contributed by atoms with Crippen molar-refractivity contribution < 1.29 is 58.6 Å². The Labute approximate surface area is 264 Å². The lowest BCUT2D eigenvalue weighted by Gasteiger charge is -2.39. The topological polar surface area (TPSA) is 114 Å². The number of carbonyl (C=O) groups is 2. The van der Waals surface area contributed by atoms with Crippen LogP contribution in [-0.4, -0.2) is 71.0 Å². The van der Waals surface area contributed by atoms with Crippen LogP contribution in [0.3, 0.4) is 0 Å². The van der Waals surface area contributed by atoms with Crippen molar-refractivity contribution in [1.29, 1.82) is 0 Å². The summed E-state index contributed by atoms with van der Waals surface area (Å²) >= 11 is 5.66. The second-order valence-corrected chi connectivity index (χ2v) is 14.6. The molecule has 0 bridgehead atoms. The average Bonchev–Trinajstić information content (AvgIpc) is 3.83. The van der Waals surface area contributed by atoms with E-state index in [4.69, 9.17) is 26.2 Å². The molecular weight excluding hydrogens is 673 g/mol. The van der Waals surface area contributed by atoms with E-state index in [9.17, 15) is 39.6 Å². The Morgan fingerprint density at radius 1 is 1.07 bits per heavy atom. The number of carboxylic acids is 1. The lowest BCUT2D eigenvalue weighted by Crippen LogP contribution is -2.46. The number of piperidine rings is 1. The van der Waals surface area contributed by atoms with Crippen molar-refractivity contribution in [3.63, 3.8) is 0 Å². The van der Waals surface area contributed by atoms with Gasteiger partial charge in [-0.2, -0.15) is 26.3 Å². The van der Waals surface area contributed by atoms with Crippen molar-refractivity contribution in [3.05, 3.63) is 57.5 Å². The zero-order chi connectivity index (χ0) is 34.2. The number of likely N-dealkylation sites (tertiary alicyclic amines) is 1. The van der Waals surface area contributed by atoms with E-state index in [2.05, 4.69) is 9.88 Å². The van der Waals surface area contributed by atoms with Gasteiger partial charge in [-0.25, -0.2) is 22.6 Å². The van der Waals surface area contributed by atoms with Crippen LogP contribution in [-0.2, 0) is 27.4 Å². The molecule has 2 saturated carbocycles. The summed E-state index contributed by atoms with van der Waals surface area (Å²) in [6, 6.07) is 3.70. The van der Waals surface area contributed by atoms with Crippen molar-refractivity contribution in [2.24, 2.45) is 0 Å². The van der Waals surface area contributed by atoms with Gasteiger partial charge in [0.15, 0.2) is 15.6 Å². The maximum atomic E-state index is 15.1. The first-order chi connectivity index (χ1) is 21.2. The SMILES string of the molecule is CC1(Oc2cc(C(F)(F)F)c(Cl)cn2)CCN(Cc2cc(F)c(C(=O)CS(=O)(=O)C3CC3)cc2C2CC2)CC1.O=C(O)C(F)(F)F. The molecule has 0 spiro atoms. The van der Waals surface area contributed by atoms with Gasteiger partial charge >= 0.3 is 18.3 Å². The van der Waals surface area contributed by atoms with Crippen LogP contribution in [0, 0.1) is 5.82 Å². The third-order valence-corrected chi connectivity index (χ3v) is 10.4. The van der Waals surface area contributed by atoms with Gasteiger partial charge in [0.25, 0.3) is 0 Å². The molecule has 2 aromatic rings. The van der Waals surface area contributed by atoms with Gasteiger partial charge < -0.3 is 9.84 Å². The molecule has 46 heavy (non-hydrogen) atoms. The zero-order valence-electron chi connectivity index (χ0n) is 24.4. The van der Waals surface area contributed by atoms with E-state index < -0.39 is 66.9 Å². The number of Topliss-reactive ketones (excluding diaryl/α,β-unsaturated/α-hetero) is 1. The van der Waals surface area contributed by atoms with Crippen molar-refractivity contribution in [1.82, 2.24) is 9.88 Å². The second-order valence-electron chi connectivity index (χ2n) is 11.9. The van der Waals surface area contributed by atoms with Crippen LogP contribution in [0.15, 0.2) is 24.4 Å². The summed E-state index contributed by atoms with van der Waals surface area (Å²) in [6.45, 7) is 3.37. The average molecular weight is 703 g/mol. The van der Waals surface area contributed by atoms with E-state index in [1.807, 2.05) is 6.92 Å². The van der Waals surface area contributed by atoms with Gasteiger partial charge in [-0.3, -0.25) is 9.69 Å². The molecule has 1 aromatic carbocycles. The number of nitrogens with zero attached hydrogens (tertiary/aromatic N) is 2. The van der Waals surface area contributed by atoms with Crippen LogP contribution in [0.25, 0.3) is 0 Å². The van der Waals surface area contributed by atoms with Gasteiger partial charge in [-0.1, -0.05) is 11.6 Å². The van der Waals surface area contributed by atoms with Crippen molar-refractivity contribution in [2.75, 3.05) is 18.8 Å². The normalized spacial score (nSPS) is 18.8. The minimum absolute atomic E-state index is 0.148. The first-order valence-electron chi connectivity index (χ1n) is 14.2. The predicted octanol–water partition coefficient (Wildman–Crippen LogP) is 6.60. The quantitative estimate of drug-likeness (QED) is 0.230. The number of alkyl halides is 6. The molecule has 0 unspecified atom stereocenters. The van der Waals surface area contributed by atoms with Crippen LogP contribution in [0.4, 0.5) is 30.7 Å². The molecule has 8 nitrogen and oxygen atoms in total. The first kappa shape index (κ1) is 35.9. The smallest absolute Gasteiger partial charge is 0.475 e. The Kier molecular flexibility index (Phi) is 10.3. The number of carbonyl (C=O) groups excluding carboxylic acids is 1. The number of aliphatic carboxylic acids is 1. The number of ketones is 1. The fraction of sp³-hybridized carbons (Fsp3) is 0.552. The number of benzene rings is 1. The minimum Gasteiger partial charge on any atom is -0.475 e. The predicted molar refractivity (Wildman–Crippen MR) is 151 cm³/mol. The Hall–Kier alpha value is -2.98. The molecule has 2 aliphatic carbocycles. The van der Waals surface area contributed by atoms with Crippen LogP contribution >= 0.6 is 11.6 Å². The number of halogens is 8. The Morgan fingerprint density at radius 3 is 2.15 bits per heavy atom. The highest BCUT2D eigenvalue weighted by Gasteiger charge is 2.40. The number of hydrogen-bond donors (Lipinski definition) is 1. The van der Waals surface area contributed by atoms with Gasteiger partial charge in [-0.15, -0.1) is 0 Å². The molecule has 3 fully saturated rings. The highest BCUT2D eigenvalue weighted by Crippen LogP contribution is 2.43. The number of hydrogen-bond acceptors (Lipinski definition) is 7. The van der Waals surface area contributed by atoms with E-state index in [1.54, 1.807) is 0 Å². The Balaban J connectivity index is 0.000000617. The largest absolute Gasteiger partial charge is 0.490 e. The summed E-state index contributed by atoms with van der Waals surface area (Å²) in [6.07, 6.45) is -4.81. The van der Waals surface area contributed by atoms with Gasteiger partial charge in [-0.05, 0) is 74.6 Å². The third-order valence-electron chi connectivity index (χ3n) is 7.95. The second kappa shape index (κ2) is 13.3. The third kappa shape index (κ3) is 9.31. The molecule has 0 radical (unpaired) electrons. The number of sulfone groups is 1. The molecular formula is C29H30ClF7N2O6S.